The van der Waals surface area contributed by atoms with Crippen LogP contribution in [0.5, 0.6) is 11.5 Å². The molecule has 3 rings (SSSR count). The summed E-state index contributed by atoms with van der Waals surface area (Å²) in [4.78, 5) is 5.05. The highest BCUT2D eigenvalue weighted by Gasteiger charge is 2.31. The minimum atomic E-state index is 0.713. The number of fused-ring (bicyclic) bond motifs is 1. The zero-order valence-electron chi connectivity index (χ0n) is 11.8. The topological polar surface area (TPSA) is 24.9 Å². The van der Waals surface area contributed by atoms with E-state index in [4.69, 9.17) is 9.47 Å². The van der Waals surface area contributed by atoms with Crippen molar-refractivity contribution in [2.24, 2.45) is 0 Å². The highest BCUT2D eigenvalue weighted by atomic mass is 16.5. The van der Waals surface area contributed by atoms with Crippen molar-refractivity contribution in [2.45, 2.75) is 18.9 Å². The zero-order valence-corrected chi connectivity index (χ0v) is 11.8. The van der Waals surface area contributed by atoms with Crippen LogP contribution in [0, 0.1) is 0 Å². The van der Waals surface area contributed by atoms with Gasteiger partial charge in [0.2, 0.25) is 0 Å². The monoisotopic (exact) mass is 262 g/mol. The molecule has 2 fully saturated rings. The maximum atomic E-state index is 5.50. The zero-order chi connectivity index (χ0) is 13.2. The number of hydrogen-bond acceptors (Lipinski definition) is 4. The Morgan fingerprint density at radius 1 is 1.11 bits per heavy atom. The molecule has 1 atom stereocenters. The number of rotatable bonds is 3. The molecule has 1 unspecified atom stereocenters. The summed E-state index contributed by atoms with van der Waals surface area (Å²) in [7, 11) is 3.44. The number of benzene rings is 1. The lowest BCUT2D eigenvalue weighted by Gasteiger charge is -2.39. The molecule has 1 aromatic rings. The molecule has 0 spiro atoms. The maximum Gasteiger partial charge on any atom is 0.142 e. The minimum absolute atomic E-state index is 0.713. The average molecular weight is 262 g/mol. The fourth-order valence-corrected chi connectivity index (χ4v) is 3.25. The van der Waals surface area contributed by atoms with Crippen LogP contribution >= 0.6 is 0 Å². The van der Waals surface area contributed by atoms with Gasteiger partial charge in [0.1, 0.15) is 11.5 Å². The summed E-state index contributed by atoms with van der Waals surface area (Å²) in [5, 5.41) is 0. The van der Waals surface area contributed by atoms with Crippen LogP contribution in [0.1, 0.15) is 12.8 Å². The molecular weight excluding hydrogens is 240 g/mol. The highest BCUT2D eigenvalue weighted by molar-refractivity contribution is 5.62. The number of piperazine rings is 1. The minimum Gasteiger partial charge on any atom is -0.497 e. The van der Waals surface area contributed by atoms with Gasteiger partial charge in [-0.25, -0.2) is 0 Å². The van der Waals surface area contributed by atoms with Crippen LogP contribution in [-0.4, -0.2) is 51.3 Å². The van der Waals surface area contributed by atoms with Gasteiger partial charge >= 0.3 is 0 Å². The van der Waals surface area contributed by atoms with Crippen molar-refractivity contribution in [3.8, 4) is 11.5 Å². The summed E-state index contributed by atoms with van der Waals surface area (Å²) in [5.41, 5.74) is 1.16. The number of ether oxygens (including phenoxy) is 2. The van der Waals surface area contributed by atoms with Gasteiger partial charge in [-0.05, 0) is 31.5 Å². The Labute approximate surface area is 114 Å². The predicted octanol–water partition coefficient (Wildman–Crippen LogP) is 1.99. The molecule has 0 N–H and O–H groups in total. The number of methoxy groups -OCH3 is 2. The van der Waals surface area contributed by atoms with E-state index in [1.807, 2.05) is 12.1 Å². The molecule has 4 heteroatoms. The van der Waals surface area contributed by atoms with Crippen LogP contribution in [0.25, 0.3) is 0 Å². The lowest BCUT2D eigenvalue weighted by Crippen LogP contribution is -2.50. The van der Waals surface area contributed by atoms with Crippen molar-refractivity contribution in [3.63, 3.8) is 0 Å². The van der Waals surface area contributed by atoms with E-state index in [2.05, 4.69) is 15.9 Å². The summed E-state index contributed by atoms with van der Waals surface area (Å²) in [5.74, 6) is 1.83. The summed E-state index contributed by atoms with van der Waals surface area (Å²) >= 11 is 0. The van der Waals surface area contributed by atoms with Crippen molar-refractivity contribution in [2.75, 3.05) is 45.3 Å². The second kappa shape index (κ2) is 5.29. The van der Waals surface area contributed by atoms with Gasteiger partial charge in [0.25, 0.3) is 0 Å². The Morgan fingerprint density at radius 2 is 2.00 bits per heavy atom. The van der Waals surface area contributed by atoms with E-state index in [-0.39, 0.29) is 0 Å². The molecule has 2 heterocycles. The molecule has 0 saturated carbocycles. The Hall–Kier alpha value is -1.42. The molecule has 2 saturated heterocycles. The van der Waals surface area contributed by atoms with E-state index in [0.29, 0.717) is 6.04 Å². The second-order valence-electron chi connectivity index (χ2n) is 5.32. The summed E-state index contributed by atoms with van der Waals surface area (Å²) < 4.78 is 10.8. The number of hydrogen-bond donors (Lipinski definition) is 0. The van der Waals surface area contributed by atoms with Gasteiger partial charge < -0.3 is 14.4 Å². The summed E-state index contributed by atoms with van der Waals surface area (Å²) in [6.45, 7) is 4.60. The van der Waals surface area contributed by atoms with Crippen LogP contribution in [-0.2, 0) is 0 Å². The Morgan fingerprint density at radius 3 is 2.79 bits per heavy atom. The van der Waals surface area contributed by atoms with E-state index in [0.717, 1.165) is 36.8 Å². The maximum absolute atomic E-state index is 5.50. The molecule has 4 nitrogen and oxygen atoms in total. The molecule has 0 amide bonds. The molecule has 0 radical (unpaired) electrons. The van der Waals surface area contributed by atoms with Crippen molar-refractivity contribution in [1.29, 1.82) is 0 Å². The first-order valence-electron chi connectivity index (χ1n) is 7.03. The molecule has 0 aromatic heterocycles. The largest absolute Gasteiger partial charge is 0.497 e. The number of anilines is 1. The molecule has 104 valence electrons. The molecule has 1 aromatic carbocycles. The van der Waals surface area contributed by atoms with Gasteiger partial charge in [-0.3, -0.25) is 4.90 Å². The first kappa shape index (κ1) is 12.6. The van der Waals surface area contributed by atoms with Crippen molar-refractivity contribution >= 4 is 5.69 Å². The highest BCUT2D eigenvalue weighted by Crippen LogP contribution is 2.34. The molecule has 2 aliphatic heterocycles. The quantitative estimate of drug-likeness (QED) is 0.831. The van der Waals surface area contributed by atoms with Gasteiger partial charge in [-0.15, -0.1) is 0 Å². The fourth-order valence-electron chi connectivity index (χ4n) is 3.25. The lowest BCUT2D eigenvalue weighted by molar-refractivity contribution is 0.230. The smallest absolute Gasteiger partial charge is 0.142 e. The first-order valence-corrected chi connectivity index (χ1v) is 7.03. The van der Waals surface area contributed by atoms with Crippen LogP contribution in [0.15, 0.2) is 18.2 Å². The lowest BCUT2D eigenvalue weighted by atomic mass is 10.1. The van der Waals surface area contributed by atoms with Gasteiger partial charge in [-0.1, -0.05) is 0 Å². The van der Waals surface area contributed by atoms with E-state index in [9.17, 15) is 0 Å². The van der Waals surface area contributed by atoms with E-state index in [1.165, 1.54) is 19.4 Å². The van der Waals surface area contributed by atoms with Crippen LogP contribution < -0.4 is 14.4 Å². The van der Waals surface area contributed by atoms with E-state index >= 15 is 0 Å². The van der Waals surface area contributed by atoms with Crippen molar-refractivity contribution in [3.05, 3.63) is 18.2 Å². The first-order chi connectivity index (χ1) is 9.31. The average Bonchev–Trinajstić information content (AvgIpc) is 2.93. The molecule has 0 aliphatic carbocycles. The molecule has 2 aliphatic rings. The van der Waals surface area contributed by atoms with Crippen LogP contribution in [0.4, 0.5) is 5.69 Å². The molecule has 0 bridgehead atoms. The Bertz CT molecular complexity index is 450. The Kier molecular flexibility index (Phi) is 3.51. The van der Waals surface area contributed by atoms with Gasteiger partial charge in [0, 0.05) is 31.7 Å². The fraction of sp³-hybridized carbons (Fsp3) is 0.600. The van der Waals surface area contributed by atoms with Crippen LogP contribution in [0.3, 0.4) is 0 Å². The van der Waals surface area contributed by atoms with Crippen LogP contribution in [0.2, 0.25) is 0 Å². The standard InChI is InChI=1S/C15H22N2O2/c1-18-13-5-6-15(19-2)14(10-13)17-9-8-16-7-3-4-12(16)11-17/h5-6,10,12H,3-4,7-9,11H2,1-2H3. The Balaban J connectivity index is 1.84. The third kappa shape index (κ3) is 2.37. The third-order valence-electron chi connectivity index (χ3n) is 4.31. The second-order valence-corrected chi connectivity index (χ2v) is 5.32. The summed E-state index contributed by atoms with van der Waals surface area (Å²) in [6, 6.07) is 6.75. The van der Waals surface area contributed by atoms with E-state index < -0.39 is 0 Å². The van der Waals surface area contributed by atoms with Gasteiger partial charge in [-0.2, -0.15) is 0 Å². The number of nitrogens with zero attached hydrogens (tertiary/aromatic N) is 2. The predicted molar refractivity (Wildman–Crippen MR) is 76.4 cm³/mol. The van der Waals surface area contributed by atoms with E-state index in [1.54, 1.807) is 14.2 Å². The van der Waals surface area contributed by atoms with Gasteiger partial charge in [0.15, 0.2) is 0 Å². The SMILES string of the molecule is COc1ccc(OC)c(N2CCN3CCCC3C2)c1. The normalized spacial score (nSPS) is 23.3. The van der Waals surface area contributed by atoms with Crippen molar-refractivity contribution < 1.29 is 9.47 Å². The molecular formula is C15H22N2O2. The van der Waals surface area contributed by atoms with Gasteiger partial charge in [0.05, 0.1) is 19.9 Å². The molecule has 19 heavy (non-hydrogen) atoms. The van der Waals surface area contributed by atoms with Crippen molar-refractivity contribution in [1.82, 2.24) is 4.90 Å². The third-order valence-corrected chi connectivity index (χ3v) is 4.31. The summed E-state index contributed by atoms with van der Waals surface area (Å²) in [6.07, 6.45) is 2.66.